The Hall–Kier alpha value is -4.53. The summed E-state index contributed by atoms with van der Waals surface area (Å²) < 4.78 is 10.8. The summed E-state index contributed by atoms with van der Waals surface area (Å²) in [5.41, 5.74) is 4.18. The number of benzene rings is 3. The maximum atomic E-state index is 13.8. The van der Waals surface area contributed by atoms with Crippen molar-refractivity contribution >= 4 is 29.1 Å². The fourth-order valence-corrected chi connectivity index (χ4v) is 5.60. The molecule has 0 atom stereocenters. The molecule has 212 valence electrons. The maximum absolute atomic E-state index is 13.8. The minimum atomic E-state index is -0.296. The molecule has 2 fully saturated rings. The number of rotatable bonds is 5. The second kappa shape index (κ2) is 11.5. The fourth-order valence-electron chi connectivity index (χ4n) is 5.60. The quantitative estimate of drug-likeness (QED) is 0.497. The van der Waals surface area contributed by atoms with Gasteiger partial charge in [0.25, 0.3) is 17.7 Å². The molecule has 0 unspecified atom stereocenters. The standard InChI is InChI=1S/C32H34N4O5/c1-22-5-7-23(8-6-22)31(38)36-17-15-34(16-18-36)27-11-10-25(20-26(27)32(39)35-13-3-2-4-14-35)33-30(37)24-9-12-28-29(19-24)41-21-40-28/h5-12,19-20H,2-4,13-18,21H2,1H3,(H,33,37). The summed E-state index contributed by atoms with van der Waals surface area (Å²) in [6.45, 7) is 5.94. The highest BCUT2D eigenvalue weighted by Crippen LogP contribution is 2.33. The number of piperazine rings is 1. The lowest BCUT2D eigenvalue weighted by Gasteiger charge is -2.37. The molecule has 0 aliphatic carbocycles. The van der Waals surface area contributed by atoms with Crippen LogP contribution >= 0.6 is 0 Å². The van der Waals surface area contributed by atoms with Gasteiger partial charge in [0.1, 0.15) is 0 Å². The van der Waals surface area contributed by atoms with Gasteiger partial charge in [-0.05, 0) is 74.7 Å². The van der Waals surface area contributed by atoms with Crippen LogP contribution in [0.1, 0.15) is 55.9 Å². The first kappa shape index (κ1) is 26.7. The highest BCUT2D eigenvalue weighted by Gasteiger charge is 2.28. The summed E-state index contributed by atoms with van der Waals surface area (Å²) in [6, 6.07) is 18.2. The number of carbonyl (C=O) groups excluding carboxylic acids is 3. The number of anilines is 2. The van der Waals surface area contributed by atoms with Gasteiger partial charge in [-0.25, -0.2) is 0 Å². The Morgan fingerprint density at radius 3 is 2.12 bits per heavy atom. The minimum absolute atomic E-state index is 0.0239. The molecule has 9 nitrogen and oxygen atoms in total. The Kier molecular flexibility index (Phi) is 7.50. The first-order valence-electron chi connectivity index (χ1n) is 14.2. The Morgan fingerprint density at radius 1 is 0.683 bits per heavy atom. The summed E-state index contributed by atoms with van der Waals surface area (Å²) in [5.74, 6) is 0.846. The lowest BCUT2D eigenvalue weighted by atomic mass is 10.0. The lowest BCUT2D eigenvalue weighted by molar-refractivity contribution is 0.0718. The Morgan fingerprint density at radius 2 is 1.37 bits per heavy atom. The highest BCUT2D eigenvalue weighted by atomic mass is 16.7. The number of nitrogens with one attached hydrogen (secondary N) is 1. The highest BCUT2D eigenvalue weighted by molar-refractivity contribution is 6.06. The molecule has 1 N–H and O–H groups in total. The molecule has 3 aromatic carbocycles. The molecule has 3 aliphatic rings. The van der Waals surface area contributed by atoms with Crippen molar-refractivity contribution in [2.75, 3.05) is 56.3 Å². The topological polar surface area (TPSA) is 91.4 Å². The zero-order valence-electron chi connectivity index (χ0n) is 23.2. The third-order valence-corrected chi connectivity index (χ3v) is 7.97. The second-order valence-corrected chi connectivity index (χ2v) is 10.8. The van der Waals surface area contributed by atoms with Gasteiger partial charge in [-0.1, -0.05) is 17.7 Å². The number of piperidine rings is 1. The second-order valence-electron chi connectivity index (χ2n) is 10.8. The third-order valence-electron chi connectivity index (χ3n) is 7.97. The van der Waals surface area contributed by atoms with E-state index in [-0.39, 0.29) is 24.5 Å². The molecular weight excluding hydrogens is 520 g/mol. The molecule has 0 bridgehead atoms. The molecule has 6 rings (SSSR count). The van der Waals surface area contributed by atoms with E-state index in [1.807, 2.05) is 53.1 Å². The number of nitrogens with zero attached hydrogens (tertiary/aromatic N) is 3. The van der Waals surface area contributed by atoms with Crippen molar-refractivity contribution in [2.24, 2.45) is 0 Å². The summed E-state index contributed by atoms with van der Waals surface area (Å²) >= 11 is 0. The number of aryl methyl sites for hydroxylation is 1. The van der Waals surface area contributed by atoms with Crippen LogP contribution in [0.2, 0.25) is 0 Å². The van der Waals surface area contributed by atoms with Crippen molar-refractivity contribution in [1.29, 1.82) is 0 Å². The van der Waals surface area contributed by atoms with Gasteiger partial charge >= 0.3 is 0 Å². The van der Waals surface area contributed by atoms with Crippen LogP contribution in [-0.4, -0.2) is 73.6 Å². The van der Waals surface area contributed by atoms with Crippen LogP contribution in [0.25, 0.3) is 0 Å². The molecule has 0 aromatic heterocycles. The molecule has 9 heteroatoms. The van der Waals surface area contributed by atoms with Gasteiger partial charge in [0.2, 0.25) is 6.79 Å². The average Bonchev–Trinajstić information content (AvgIpc) is 3.49. The summed E-state index contributed by atoms with van der Waals surface area (Å²) in [7, 11) is 0. The molecule has 2 saturated heterocycles. The first-order chi connectivity index (χ1) is 20.0. The van der Waals surface area contributed by atoms with Gasteiger partial charge in [0, 0.05) is 61.8 Å². The van der Waals surface area contributed by atoms with E-state index in [2.05, 4.69) is 10.2 Å². The van der Waals surface area contributed by atoms with Crippen LogP contribution in [0.4, 0.5) is 11.4 Å². The van der Waals surface area contributed by atoms with Crippen LogP contribution in [0.3, 0.4) is 0 Å². The van der Waals surface area contributed by atoms with Crippen molar-refractivity contribution in [3.8, 4) is 11.5 Å². The molecular formula is C32H34N4O5. The number of amides is 3. The van der Waals surface area contributed by atoms with E-state index in [9.17, 15) is 14.4 Å². The summed E-state index contributed by atoms with van der Waals surface area (Å²) in [6.07, 6.45) is 3.10. The van der Waals surface area contributed by atoms with Crippen LogP contribution in [0.5, 0.6) is 11.5 Å². The summed E-state index contributed by atoms with van der Waals surface area (Å²) in [4.78, 5) is 45.8. The lowest BCUT2D eigenvalue weighted by Crippen LogP contribution is -2.49. The van der Waals surface area contributed by atoms with Gasteiger partial charge < -0.3 is 29.5 Å². The van der Waals surface area contributed by atoms with Crippen LogP contribution in [-0.2, 0) is 0 Å². The van der Waals surface area contributed by atoms with Crippen molar-refractivity contribution < 1.29 is 23.9 Å². The fraction of sp³-hybridized carbons (Fsp3) is 0.344. The van der Waals surface area contributed by atoms with Crippen LogP contribution in [0.15, 0.2) is 60.7 Å². The maximum Gasteiger partial charge on any atom is 0.256 e. The van der Waals surface area contributed by atoms with Crippen molar-refractivity contribution in [2.45, 2.75) is 26.2 Å². The SMILES string of the molecule is Cc1ccc(C(=O)N2CCN(c3ccc(NC(=O)c4ccc5c(c4)OCO5)cc3C(=O)N3CCCCC3)CC2)cc1. The number of carbonyl (C=O) groups is 3. The molecule has 41 heavy (non-hydrogen) atoms. The van der Waals surface area contributed by atoms with Crippen molar-refractivity contribution in [3.63, 3.8) is 0 Å². The minimum Gasteiger partial charge on any atom is -0.454 e. The van der Waals surface area contributed by atoms with E-state index in [4.69, 9.17) is 9.47 Å². The van der Waals surface area contributed by atoms with Gasteiger partial charge in [-0.2, -0.15) is 0 Å². The predicted molar refractivity (Wildman–Crippen MR) is 156 cm³/mol. The monoisotopic (exact) mass is 554 g/mol. The number of fused-ring (bicyclic) bond motifs is 1. The number of hydrogen-bond acceptors (Lipinski definition) is 6. The molecule has 3 aliphatic heterocycles. The van der Waals surface area contributed by atoms with E-state index in [1.54, 1.807) is 24.3 Å². The molecule has 0 saturated carbocycles. The van der Waals surface area contributed by atoms with Gasteiger partial charge in [-0.3, -0.25) is 14.4 Å². The predicted octanol–water partition coefficient (Wildman–Crippen LogP) is 4.56. The van der Waals surface area contributed by atoms with E-state index in [0.29, 0.717) is 60.1 Å². The van der Waals surface area contributed by atoms with Gasteiger partial charge in [0.05, 0.1) is 5.56 Å². The number of hydrogen-bond donors (Lipinski definition) is 1. The average molecular weight is 555 g/mol. The van der Waals surface area contributed by atoms with E-state index < -0.39 is 0 Å². The molecule has 3 heterocycles. The number of likely N-dealkylation sites (tertiary alicyclic amines) is 1. The van der Waals surface area contributed by atoms with E-state index in [0.717, 1.165) is 43.6 Å². The van der Waals surface area contributed by atoms with Crippen LogP contribution in [0, 0.1) is 6.92 Å². The molecule has 3 amide bonds. The van der Waals surface area contributed by atoms with Crippen LogP contribution < -0.4 is 19.7 Å². The van der Waals surface area contributed by atoms with E-state index >= 15 is 0 Å². The Bertz CT molecular complexity index is 1460. The third kappa shape index (κ3) is 5.70. The zero-order valence-corrected chi connectivity index (χ0v) is 23.2. The smallest absolute Gasteiger partial charge is 0.256 e. The molecule has 0 spiro atoms. The van der Waals surface area contributed by atoms with Gasteiger partial charge in [-0.15, -0.1) is 0 Å². The van der Waals surface area contributed by atoms with E-state index in [1.165, 1.54) is 0 Å². The molecule has 3 aromatic rings. The first-order valence-corrected chi connectivity index (χ1v) is 14.2. The largest absolute Gasteiger partial charge is 0.454 e. The zero-order chi connectivity index (χ0) is 28.3. The van der Waals surface area contributed by atoms with Crippen molar-refractivity contribution in [3.05, 3.63) is 82.9 Å². The summed E-state index contributed by atoms with van der Waals surface area (Å²) in [5, 5.41) is 2.94. The van der Waals surface area contributed by atoms with Gasteiger partial charge in [0.15, 0.2) is 11.5 Å². The Labute approximate surface area is 239 Å². The number of ether oxygens (including phenoxy) is 2. The normalized spacial score (nSPS) is 16.5. The van der Waals surface area contributed by atoms with Crippen molar-refractivity contribution in [1.82, 2.24) is 9.80 Å². The molecule has 0 radical (unpaired) electrons. The Balaban J connectivity index is 1.21.